The molecule has 0 aromatic carbocycles. The summed E-state index contributed by atoms with van der Waals surface area (Å²) in [6.07, 6.45) is 4.74. The monoisotopic (exact) mass is 274 g/mol. The zero-order valence-corrected chi connectivity index (χ0v) is 11.8. The maximum Gasteiger partial charge on any atom is 0.232 e. The molecule has 0 saturated heterocycles. The Labute approximate surface area is 109 Å². The molecule has 6 nitrogen and oxygen atoms in total. The summed E-state index contributed by atoms with van der Waals surface area (Å²) in [7, 11) is -3.25. The highest BCUT2D eigenvalue weighted by Gasteiger charge is 2.10. The quantitative estimate of drug-likeness (QED) is 0.660. The number of hydrogen-bond acceptors (Lipinski definition) is 4. The fourth-order valence-electron chi connectivity index (χ4n) is 1.54. The third kappa shape index (κ3) is 5.50. The van der Waals surface area contributed by atoms with Crippen LogP contribution in [0.4, 0.5) is 5.69 Å². The highest BCUT2D eigenvalue weighted by atomic mass is 32.2. The molecule has 0 aliphatic heterocycles. The SMILES string of the molecule is CCNCCCCS(=O)(=O)Nc1cnn(CC)c1. The van der Waals surface area contributed by atoms with Gasteiger partial charge in [-0.2, -0.15) is 5.10 Å². The average molecular weight is 274 g/mol. The van der Waals surface area contributed by atoms with Crippen molar-refractivity contribution in [3.8, 4) is 0 Å². The summed E-state index contributed by atoms with van der Waals surface area (Å²) in [6.45, 7) is 6.49. The molecule has 0 aliphatic rings. The summed E-state index contributed by atoms with van der Waals surface area (Å²) in [6, 6.07) is 0. The number of anilines is 1. The summed E-state index contributed by atoms with van der Waals surface area (Å²) < 4.78 is 27.7. The van der Waals surface area contributed by atoms with Crippen molar-refractivity contribution in [1.82, 2.24) is 15.1 Å². The van der Waals surface area contributed by atoms with Crippen molar-refractivity contribution in [2.45, 2.75) is 33.2 Å². The van der Waals surface area contributed by atoms with Gasteiger partial charge in [0, 0.05) is 12.7 Å². The summed E-state index contributed by atoms with van der Waals surface area (Å²) in [4.78, 5) is 0. The Bertz CT molecular complexity index is 442. The number of rotatable bonds is 9. The maximum atomic E-state index is 11.8. The van der Waals surface area contributed by atoms with Gasteiger partial charge in [-0.25, -0.2) is 8.42 Å². The minimum atomic E-state index is -3.25. The molecular formula is C11H22N4O2S. The van der Waals surface area contributed by atoms with E-state index in [1.165, 1.54) is 6.20 Å². The van der Waals surface area contributed by atoms with Crippen LogP contribution in [-0.4, -0.2) is 37.0 Å². The number of aromatic nitrogens is 2. The predicted octanol–water partition coefficient (Wildman–Crippen LogP) is 1.03. The lowest BCUT2D eigenvalue weighted by atomic mass is 10.3. The number of unbranched alkanes of at least 4 members (excludes halogenated alkanes) is 1. The van der Waals surface area contributed by atoms with Crippen LogP contribution in [0.25, 0.3) is 0 Å². The third-order valence-corrected chi connectivity index (χ3v) is 3.87. The molecule has 18 heavy (non-hydrogen) atoms. The molecule has 0 saturated carbocycles. The number of hydrogen-bond donors (Lipinski definition) is 2. The van der Waals surface area contributed by atoms with Gasteiger partial charge in [0.2, 0.25) is 10.0 Å². The van der Waals surface area contributed by atoms with E-state index in [1.807, 2.05) is 13.8 Å². The lowest BCUT2D eigenvalue weighted by molar-refractivity contribution is 0.593. The van der Waals surface area contributed by atoms with E-state index in [0.29, 0.717) is 12.1 Å². The molecule has 104 valence electrons. The van der Waals surface area contributed by atoms with Crippen molar-refractivity contribution in [2.24, 2.45) is 0 Å². The molecule has 0 atom stereocenters. The molecule has 0 spiro atoms. The lowest BCUT2D eigenvalue weighted by Gasteiger charge is -2.05. The van der Waals surface area contributed by atoms with Crippen LogP contribution < -0.4 is 10.0 Å². The highest BCUT2D eigenvalue weighted by Crippen LogP contribution is 2.08. The van der Waals surface area contributed by atoms with Crippen LogP contribution >= 0.6 is 0 Å². The fraction of sp³-hybridized carbons (Fsp3) is 0.727. The van der Waals surface area contributed by atoms with Gasteiger partial charge in [0.15, 0.2) is 0 Å². The largest absolute Gasteiger partial charge is 0.317 e. The summed E-state index contributed by atoms with van der Waals surface area (Å²) in [5, 5.41) is 7.19. The first-order valence-electron chi connectivity index (χ1n) is 6.31. The van der Waals surface area contributed by atoms with Crippen LogP contribution in [0.3, 0.4) is 0 Å². The molecule has 2 N–H and O–H groups in total. The van der Waals surface area contributed by atoms with E-state index in [0.717, 1.165) is 26.1 Å². The van der Waals surface area contributed by atoms with Crippen LogP contribution in [0.5, 0.6) is 0 Å². The Kier molecular flexibility index (Phi) is 6.14. The van der Waals surface area contributed by atoms with Crippen molar-refractivity contribution in [3.05, 3.63) is 12.4 Å². The van der Waals surface area contributed by atoms with Gasteiger partial charge in [0.1, 0.15) is 0 Å². The lowest BCUT2D eigenvalue weighted by Crippen LogP contribution is -2.19. The molecule has 0 bridgehead atoms. The normalized spacial score (nSPS) is 11.7. The minimum absolute atomic E-state index is 0.149. The average Bonchev–Trinajstić information content (AvgIpc) is 2.75. The zero-order chi connectivity index (χ0) is 13.4. The predicted molar refractivity (Wildman–Crippen MR) is 73.1 cm³/mol. The van der Waals surface area contributed by atoms with E-state index in [-0.39, 0.29) is 5.75 Å². The molecule has 1 aromatic rings. The first kappa shape index (κ1) is 15.0. The molecule has 1 aromatic heterocycles. The standard InChI is InChI=1S/C11H22N4O2S/c1-3-12-7-5-6-8-18(16,17)14-11-9-13-15(4-2)10-11/h9-10,12,14H,3-8H2,1-2H3. The van der Waals surface area contributed by atoms with Gasteiger partial charge in [0.05, 0.1) is 17.6 Å². The van der Waals surface area contributed by atoms with Crippen molar-refractivity contribution < 1.29 is 8.42 Å². The second-order valence-corrected chi connectivity index (χ2v) is 5.91. The Morgan fingerprint density at radius 2 is 2.11 bits per heavy atom. The van der Waals surface area contributed by atoms with Gasteiger partial charge < -0.3 is 5.32 Å². The van der Waals surface area contributed by atoms with Gasteiger partial charge >= 0.3 is 0 Å². The molecule has 0 radical (unpaired) electrons. The Morgan fingerprint density at radius 3 is 2.72 bits per heavy atom. The van der Waals surface area contributed by atoms with E-state index < -0.39 is 10.0 Å². The topological polar surface area (TPSA) is 76.0 Å². The molecule has 0 aliphatic carbocycles. The van der Waals surface area contributed by atoms with Crippen LogP contribution in [0.2, 0.25) is 0 Å². The van der Waals surface area contributed by atoms with E-state index in [9.17, 15) is 8.42 Å². The van der Waals surface area contributed by atoms with E-state index in [4.69, 9.17) is 0 Å². The van der Waals surface area contributed by atoms with Crippen molar-refractivity contribution in [3.63, 3.8) is 0 Å². The Hall–Kier alpha value is -1.08. The molecular weight excluding hydrogens is 252 g/mol. The fourth-order valence-corrected chi connectivity index (χ4v) is 2.69. The van der Waals surface area contributed by atoms with Crippen LogP contribution in [0, 0.1) is 0 Å². The number of nitrogens with zero attached hydrogens (tertiary/aromatic N) is 2. The number of nitrogens with one attached hydrogen (secondary N) is 2. The minimum Gasteiger partial charge on any atom is -0.317 e. The number of aryl methyl sites for hydroxylation is 1. The Morgan fingerprint density at radius 1 is 1.33 bits per heavy atom. The molecule has 0 fully saturated rings. The summed E-state index contributed by atoms with van der Waals surface area (Å²) in [5.74, 6) is 0.149. The van der Waals surface area contributed by atoms with Crippen molar-refractivity contribution >= 4 is 15.7 Å². The van der Waals surface area contributed by atoms with Gasteiger partial charge in [-0.15, -0.1) is 0 Å². The van der Waals surface area contributed by atoms with Crippen molar-refractivity contribution in [1.29, 1.82) is 0 Å². The third-order valence-electron chi connectivity index (χ3n) is 2.50. The maximum absolute atomic E-state index is 11.8. The first-order valence-corrected chi connectivity index (χ1v) is 7.96. The second kappa shape index (κ2) is 7.38. The Balaban J connectivity index is 2.35. The van der Waals surface area contributed by atoms with Gasteiger partial charge in [-0.1, -0.05) is 6.92 Å². The van der Waals surface area contributed by atoms with Crippen molar-refractivity contribution in [2.75, 3.05) is 23.6 Å². The van der Waals surface area contributed by atoms with Gasteiger partial charge in [-0.05, 0) is 32.9 Å². The zero-order valence-electron chi connectivity index (χ0n) is 11.0. The van der Waals surface area contributed by atoms with Gasteiger partial charge in [-0.3, -0.25) is 9.40 Å². The van der Waals surface area contributed by atoms with E-state index in [1.54, 1.807) is 10.9 Å². The summed E-state index contributed by atoms with van der Waals surface area (Å²) in [5.41, 5.74) is 0.531. The van der Waals surface area contributed by atoms with Crippen LogP contribution in [0.1, 0.15) is 26.7 Å². The summed E-state index contributed by atoms with van der Waals surface area (Å²) >= 11 is 0. The van der Waals surface area contributed by atoms with Crippen LogP contribution in [0.15, 0.2) is 12.4 Å². The molecule has 0 amide bonds. The first-order chi connectivity index (χ1) is 8.57. The second-order valence-electron chi connectivity index (χ2n) is 4.07. The molecule has 1 heterocycles. The smallest absolute Gasteiger partial charge is 0.232 e. The molecule has 0 unspecified atom stereocenters. The van der Waals surface area contributed by atoms with Gasteiger partial charge in [0.25, 0.3) is 0 Å². The molecule has 7 heteroatoms. The molecule has 1 rings (SSSR count). The highest BCUT2D eigenvalue weighted by molar-refractivity contribution is 7.92. The van der Waals surface area contributed by atoms with E-state index >= 15 is 0 Å². The number of sulfonamides is 1. The van der Waals surface area contributed by atoms with E-state index in [2.05, 4.69) is 15.1 Å². The van der Waals surface area contributed by atoms with Crippen LogP contribution in [-0.2, 0) is 16.6 Å².